The second kappa shape index (κ2) is 12.7. The summed E-state index contributed by atoms with van der Waals surface area (Å²) in [7, 11) is 0. The van der Waals surface area contributed by atoms with Crippen molar-refractivity contribution in [3.8, 4) is 58.0 Å². The summed E-state index contributed by atoms with van der Waals surface area (Å²) in [4.78, 5) is 0. The standard InChI is InChI=1S/C32H24N8O2S2/c1-3-41-21-9-5-19(6-10-21)27-23(13-33)29-37-17-40-30(38-18-39(29)31(43)25(27)15-35)24(14-34)28(26(16-36)32(40)44)20-7-11-22(12-8-20)42-4-2/h5-12,37-38H,3-4,17-18H2,1-2H3. The smallest absolute Gasteiger partial charge is 0.128 e. The first kappa shape index (κ1) is 29.8. The number of fused-ring (bicyclic) bond motifs is 2. The normalized spacial score (nSPS) is 11.4. The predicted molar refractivity (Wildman–Crippen MR) is 170 cm³/mol. The zero-order chi connectivity index (χ0) is 31.4. The van der Waals surface area contributed by atoms with Crippen LogP contribution in [0.25, 0.3) is 22.3 Å². The van der Waals surface area contributed by atoms with Crippen LogP contribution in [0.15, 0.2) is 48.5 Å². The number of nitrogens with one attached hydrogen (secondary N) is 2. The Morgan fingerprint density at radius 2 is 0.955 bits per heavy atom. The lowest BCUT2D eigenvalue weighted by molar-refractivity contribution is 0.340. The van der Waals surface area contributed by atoms with Crippen LogP contribution in [0.5, 0.6) is 11.5 Å². The molecule has 0 bridgehead atoms. The van der Waals surface area contributed by atoms with E-state index in [9.17, 15) is 21.0 Å². The molecule has 12 heteroatoms. The summed E-state index contributed by atoms with van der Waals surface area (Å²) in [5, 5.41) is 47.6. The van der Waals surface area contributed by atoms with Gasteiger partial charge >= 0.3 is 0 Å². The van der Waals surface area contributed by atoms with E-state index in [1.165, 1.54) is 0 Å². The van der Waals surface area contributed by atoms with Gasteiger partial charge in [-0.25, -0.2) is 0 Å². The summed E-state index contributed by atoms with van der Waals surface area (Å²) in [6.07, 6.45) is 0. The molecule has 0 spiro atoms. The molecule has 216 valence electrons. The van der Waals surface area contributed by atoms with E-state index in [-0.39, 0.29) is 44.9 Å². The fraction of sp³-hybridized carbons (Fsp3) is 0.188. The molecule has 0 atom stereocenters. The van der Waals surface area contributed by atoms with Crippen LogP contribution in [-0.2, 0) is 13.3 Å². The average molecular weight is 617 g/mol. The molecule has 0 saturated carbocycles. The number of nitrogens with zero attached hydrogens (tertiary/aromatic N) is 6. The van der Waals surface area contributed by atoms with Gasteiger partial charge in [0.15, 0.2) is 0 Å². The van der Waals surface area contributed by atoms with Crippen molar-refractivity contribution < 1.29 is 9.47 Å². The average Bonchev–Trinajstić information content (AvgIpc) is 3.03. The first-order valence-corrected chi connectivity index (χ1v) is 14.4. The number of anilines is 2. The minimum atomic E-state index is 0.00611. The van der Waals surface area contributed by atoms with Gasteiger partial charge in [-0.05, 0) is 49.2 Å². The minimum absolute atomic E-state index is 0.00611. The molecule has 0 aliphatic carbocycles. The van der Waals surface area contributed by atoms with E-state index in [2.05, 4.69) is 34.9 Å². The second-order valence-corrected chi connectivity index (χ2v) is 10.2. The summed E-state index contributed by atoms with van der Waals surface area (Å²) in [5.74, 6) is 2.06. The lowest BCUT2D eigenvalue weighted by atomic mass is 9.96. The fourth-order valence-corrected chi connectivity index (χ4v) is 5.80. The van der Waals surface area contributed by atoms with Gasteiger partial charge in [0, 0.05) is 11.1 Å². The van der Waals surface area contributed by atoms with Gasteiger partial charge in [-0.15, -0.1) is 0 Å². The molecule has 3 heterocycles. The van der Waals surface area contributed by atoms with Gasteiger partial charge in [-0.3, -0.25) is 9.13 Å². The van der Waals surface area contributed by atoms with Crippen molar-refractivity contribution in [2.75, 3.05) is 23.8 Å². The number of pyridine rings is 2. The van der Waals surface area contributed by atoms with Gasteiger partial charge in [-0.1, -0.05) is 48.7 Å². The molecule has 44 heavy (non-hydrogen) atoms. The van der Waals surface area contributed by atoms with Crippen molar-refractivity contribution in [2.45, 2.75) is 27.2 Å². The molecule has 2 aromatic heterocycles. The molecule has 10 nitrogen and oxygen atoms in total. The molecule has 0 amide bonds. The van der Waals surface area contributed by atoms with Crippen LogP contribution in [-0.4, -0.2) is 22.3 Å². The fourth-order valence-electron chi connectivity index (χ4n) is 5.19. The number of hydrogen-bond acceptors (Lipinski definition) is 10. The number of rotatable bonds is 6. The number of ether oxygens (including phenoxy) is 2. The van der Waals surface area contributed by atoms with Crippen molar-refractivity contribution in [1.82, 2.24) is 9.13 Å². The minimum Gasteiger partial charge on any atom is -0.494 e. The highest BCUT2D eigenvalue weighted by molar-refractivity contribution is 7.71. The van der Waals surface area contributed by atoms with Crippen molar-refractivity contribution >= 4 is 36.1 Å². The predicted octanol–water partition coefficient (Wildman–Crippen LogP) is 6.82. The Morgan fingerprint density at radius 1 is 0.614 bits per heavy atom. The van der Waals surface area contributed by atoms with Crippen LogP contribution in [0.1, 0.15) is 36.1 Å². The first-order valence-electron chi connectivity index (χ1n) is 13.6. The van der Waals surface area contributed by atoms with Gasteiger partial charge in [0.25, 0.3) is 0 Å². The lowest BCUT2D eigenvalue weighted by Crippen LogP contribution is -2.27. The molecule has 5 rings (SSSR count). The SMILES string of the molecule is CCOc1ccc(-c2c(C#N)c3n(c(=S)c2C#N)CNc2c(C#N)c(-c4ccc(OCC)cc4)c(C#N)c(=S)n2CN3)cc1. The van der Waals surface area contributed by atoms with Gasteiger partial charge in [0.2, 0.25) is 0 Å². The van der Waals surface area contributed by atoms with Crippen molar-refractivity contribution in [3.05, 3.63) is 80.1 Å². The lowest BCUT2D eigenvalue weighted by Gasteiger charge is -2.28. The Balaban J connectivity index is 1.69. The monoisotopic (exact) mass is 616 g/mol. The van der Waals surface area contributed by atoms with E-state index in [1.807, 2.05) is 13.8 Å². The van der Waals surface area contributed by atoms with E-state index >= 15 is 0 Å². The van der Waals surface area contributed by atoms with Gasteiger partial charge in [-0.2, -0.15) is 21.0 Å². The van der Waals surface area contributed by atoms with Crippen molar-refractivity contribution in [1.29, 1.82) is 21.0 Å². The molecule has 0 radical (unpaired) electrons. The van der Waals surface area contributed by atoms with E-state index in [0.717, 1.165) is 0 Å². The summed E-state index contributed by atoms with van der Waals surface area (Å²) in [5.41, 5.74) is 2.81. The molecule has 1 aliphatic rings. The van der Waals surface area contributed by atoms with Gasteiger partial charge in [0.05, 0.1) is 37.7 Å². The maximum atomic E-state index is 10.4. The molecule has 1 aliphatic heterocycles. The third-order valence-corrected chi connectivity index (χ3v) is 7.94. The molecule has 4 aromatic rings. The molecular formula is C32H24N8O2S2. The number of benzene rings is 2. The Labute approximate surface area is 264 Å². The number of hydrogen-bond donors (Lipinski definition) is 2. The molecule has 2 aromatic carbocycles. The van der Waals surface area contributed by atoms with Crippen molar-refractivity contribution in [3.63, 3.8) is 0 Å². The van der Waals surface area contributed by atoms with Crippen LogP contribution in [0.4, 0.5) is 11.6 Å². The zero-order valence-electron chi connectivity index (χ0n) is 23.8. The van der Waals surface area contributed by atoms with Crippen LogP contribution in [0.2, 0.25) is 0 Å². The van der Waals surface area contributed by atoms with Crippen LogP contribution < -0.4 is 20.1 Å². The highest BCUT2D eigenvalue weighted by atomic mass is 32.1. The number of aromatic nitrogens is 2. The molecule has 2 N–H and O–H groups in total. The summed E-state index contributed by atoms with van der Waals surface area (Å²) in [6, 6.07) is 23.1. The summed E-state index contributed by atoms with van der Waals surface area (Å²) in [6.45, 7) is 4.78. The third kappa shape index (κ3) is 5.10. The highest BCUT2D eigenvalue weighted by Gasteiger charge is 2.26. The maximum absolute atomic E-state index is 10.4. The van der Waals surface area contributed by atoms with Crippen LogP contribution in [0, 0.1) is 54.6 Å². The Morgan fingerprint density at radius 3 is 1.25 bits per heavy atom. The Kier molecular flexibility index (Phi) is 8.60. The van der Waals surface area contributed by atoms with Gasteiger partial charge in [0.1, 0.15) is 67.8 Å². The summed E-state index contributed by atoms with van der Waals surface area (Å²) >= 11 is 11.6. The molecule has 0 unspecified atom stereocenters. The molecule has 0 saturated heterocycles. The van der Waals surface area contributed by atoms with E-state index in [4.69, 9.17) is 33.9 Å². The first-order chi connectivity index (χ1) is 21.4. The van der Waals surface area contributed by atoms with E-state index < -0.39 is 0 Å². The van der Waals surface area contributed by atoms with Crippen LogP contribution >= 0.6 is 24.4 Å². The topological polar surface area (TPSA) is 148 Å². The second-order valence-electron chi connectivity index (χ2n) is 9.45. The van der Waals surface area contributed by atoms with E-state index in [1.54, 1.807) is 57.7 Å². The van der Waals surface area contributed by atoms with Gasteiger partial charge < -0.3 is 20.1 Å². The highest BCUT2D eigenvalue weighted by Crippen LogP contribution is 2.38. The Bertz CT molecular complexity index is 1920. The third-order valence-electron chi connectivity index (χ3n) is 7.10. The summed E-state index contributed by atoms with van der Waals surface area (Å²) < 4.78 is 14.7. The largest absolute Gasteiger partial charge is 0.494 e. The number of nitriles is 4. The maximum Gasteiger partial charge on any atom is 0.128 e. The Hall–Kier alpha value is -5.66. The molecule has 0 fully saturated rings. The van der Waals surface area contributed by atoms with Crippen molar-refractivity contribution in [2.24, 2.45) is 0 Å². The van der Waals surface area contributed by atoms with Crippen LogP contribution in [0.3, 0.4) is 0 Å². The zero-order valence-corrected chi connectivity index (χ0v) is 25.4. The van der Waals surface area contributed by atoms with E-state index in [0.29, 0.717) is 58.6 Å². The molecular weight excluding hydrogens is 593 g/mol. The quantitative estimate of drug-likeness (QED) is 0.221.